The van der Waals surface area contributed by atoms with Crippen molar-refractivity contribution in [1.82, 2.24) is 4.98 Å². The summed E-state index contributed by atoms with van der Waals surface area (Å²) in [6, 6.07) is 8.35. The number of nitrogens with one attached hydrogen (secondary N) is 1. The van der Waals surface area contributed by atoms with E-state index in [1.807, 2.05) is 0 Å². The SMILES string of the molecule is Fc1ccc(-c2[nH]c3c(F)cc(F)cc3c2C2CCC2)cc1.NC(=O)CO. The summed E-state index contributed by atoms with van der Waals surface area (Å²) in [6.45, 7) is -0.556. The zero-order chi connectivity index (χ0) is 19.6. The monoisotopic (exact) mass is 376 g/mol. The summed E-state index contributed by atoms with van der Waals surface area (Å²) in [5.41, 5.74) is 7.23. The second kappa shape index (κ2) is 7.84. The van der Waals surface area contributed by atoms with E-state index in [9.17, 15) is 18.0 Å². The molecule has 27 heavy (non-hydrogen) atoms. The Morgan fingerprint density at radius 3 is 2.26 bits per heavy atom. The van der Waals surface area contributed by atoms with Gasteiger partial charge >= 0.3 is 0 Å². The lowest BCUT2D eigenvalue weighted by Crippen LogP contribution is -2.14. The van der Waals surface area contributed by atoms with Crippen LogP contribution in [-0.2, 0) is 4.79 Å². The highest BCUT2D eigenvalue weighted by atomic mass is 19.1. The van der Waals surface area contributed by atoms with E-state index in [1.54, 1.807) is 12.1 Å². The quantitative estimate of drug-likeness (QED) is 0.646. The summed E-state index contributed by atoms with van der Waals surface area (Å²) in [7, 11) is 0. The van der Waals surface area contributed by atoms with Crippen molar-refractivity contribution >= 4 is 16.8 Å². The van der Waals surface area contributed by atoms with Gasteiger partial charge in [0.05, 0.1) is 11.2 Å². The molecule has 0 radical (unpaired) electrons. The third kappa shape index (κ3) is 3.98. The van der Waals surface area contributed by atoms with Crippen LogP contribution in [0.25, 0.3) is 22.2 Å². The smallest absolute Gasteiger partial charge is 0.243 e. The van der Waals surface area contributed by atoms with Crippen LogP contribution in [0.3, 0.4) is 0 Å². The number of carbonyl (C=O) groups is 1. The van der Waals surface area contributed by atoms with Crippen LogP contribution in [0.2, 0.25) is 0 Å². The number of nitrogens with two attached hydrogens (primary N) is 1. The van der Waals surface area contributed by atoms with Crippen molar-refractivity contribution in [3.05, 3.63) is 59.4 Å². The van der Waals surface area contributed by atoms with Crippen molar-refractivity contribution in [2.75, 3.05) is 6.61 Å². The molecule has 7 heteroatoms. The average Bonchev–Trinajstić information content (AvgIpc) is 2.94. The van der Waals surface area contributed by atoms with Crippen LogP contribution in [0.15, 0.2) is 36.4 Å². The molecule has 0 atom stereocenters. The van der Waals surface area contributed by atoms with Gasteiger partial charge in [-0.05, 0) is 60.2 Å². The molecule has 2 aromatic carbocycles. The molecular formula is C20H19F3N2O2. The van der Waals surface area contributed by atoms with Gasteiger partial charge in [-0.25, -0.2) is 13.2 Å². The zero-order valence-electron chi connectivity index (χ0n) is 14.4. The predicted octanol–water partition coefficient (Wildman–Crippen LogP) is 3.98. The van der Waals surface area contributed by atoms with E-state index >= 15 is 0 Å². The molecule has 1 amide bonds. The number of primary amides is 1. The van der Waals surface area contributed by atoms with Crippen LogP contribution in [-0.4, -0.2) is 22.6 Å². The molecular weight excluding hydrogens is 357 g/mol. The van der Waals surface area contributed by atoms with E-state index in [1.165, 1.54) is 18.2 Å². The van der Waals surface area contributed by atoms with Gasteiger partial charge in [-0.1, -0.05) is 6.42 Å². The van der Waals surface area contributed by atoms with E-state index in [-0.39, 0.29) is 5.82 Å². The Bertz CT molecular complexity index is 964. The lowest BCUT2D eigenvalue weighted by Gasteiger charge is -2.26. The number of amides is 1. The van der Waals surface area contributed by atoms with Gasteiger partial charge in [0.2, 0.25) is 5.91 Å². The van der Waals surface area contributed by atoms with Gasteiger partial charge in [0, 0.05) is 11.5 Å². The number of fused-ring (bicyclic) bond motifs is 1. The predicted molar refractivity (Wildman–Crippen MR) is 96.5 cm³/mol. The van der Waals surface area contributed by atoms with E-state index in [4.69, 9.17) is 5.11 Å². The molecule has 1 heterocycles. The highest BCUT2D eigenvalue weighted by molar-refractivity contribution is 5.92. The largest absolute Gasteiger partial charge is 0.387 e. The van der Waals surface area contributed by atoms with Crippen LogP contribution in [0.1, 0.15) is 30.7 Å². The van der Waals surface area contributed by atoms with Crippen molar-refractivity contribution in [3.63, 3.8) is 0 Å². The van der Waals surface area contributed by atoms with Crippen LogP contribution in [0, 0.1) is 17.5 Å². The van der Waals surface area contributed by atoms with Gasteiger partial charge in [-0.15, -0.1) is 0 Å². The summed E-state index contributed by atoms with van der Waals surface area (Å²) in [5, 5.41) is 8.27. The average molecular weight is 376 g/mol. The number of halogens is 3. The summed E-state index contributed by atoms with van der Waals surface area (Å²) in [4.78, 5) is 12.4. The van der Waals surface area contributed by atoms with E-state index < -0.39 is 24.1 Å². The van der Waals surface area contributed by atoms with Crippen molar-refractivity contribution in [1.29, 1.82) is 0 Å². The maximum absolute atomic E-state index is 14.1. The molecule has 1 fully saturated rings. The Labute approximate surface area is 153 Å². The van der Waals surface area contributed by atoms with Crippen LogP contribution < -0.4 is 5.73 Å². The molecule has 0 saturated heterocycles. The molecule has 1 aliphatic rings. The number of carbonyl (C=O) groups excluding carboxylic acids is 1. The first kappa shape index (κ1) is 19.0. The van der Waals surface area contributed by atoms with Crippen molar-refractivity contribution in [2.24, 2.45) is 5.73 Å². The molecule has 0 bridgehead atoms. The molecule has 1 aromatic heterocycles. The highest BCUT2D eigenvalue weighted by Crippen LogP contribution is 2.45. The molecule has 1 saturated carbocycles. The third-order valence-corrected chi connectivity index (χ3v) is 4.67. The number of aliphatic hydroxyl groups excluding tert-OH is 1. The zero-order valence-corrected chi connectivity index (χ0v) is 14.4. The molecule has 4 nitrogen and oxygen atoms in total. The maximum Gasteiger partial charge on any atom is 0.243 e. The number of hydrogen-bond donors (Lipinski definition) is 3. The minimum absolute atomic E-state index is 0.301. The minimum atomic E-state index is -0.690. The minimum Gasteiger partial charge on any atom is -0.387 e. The first-order valence-electron chi connectivity index (χ1n) is 8.56. The fourth-order valence-electron chi connectivity index (χ4n) is 3.21. The Kier molecular flexibility index (Phi) is 5.51. The van der Waals surface area contributed by atoms with Gasteiger partial charge in [0.1, 0.15) is 24.1 Å². The number of rotatable bonds is 3. The standard InChI is InChI=1S/C18H14F3N.C2H5NO2/c19-12-6-4-11(5-7-12)17-16(10-2-1-3-10)14-8-13(20)9-15(21)18(14)22-17;3-2(5)1-4/h4-10,22H,1-3H2;4H,1H2,(H2,3,5). The second-order valence-corrected chi connectivity index (χ2v) is 6.48. The van der Waals surface area contributed by atoms with Gasteiger partial charge in [-0.3, -0.25) is 4.79 Å². The van der Waals surface area contributed by atoms with Gasteiger partial charge in [0.15, 0.2) is 0 Å². The molecule has 0 spiro atoms. The fourth-order valence-corrected chi connectivity index (χ4v) is 3.21. The van der Waals surface area contributed by atoms with Crippen LogP contribution in [0.4, 0.5) is 13.2 Å². The van der Waals surface area contributed by atoms with Crippen LogP contribution in [0.5, 0.6) is 0 Å². The van der Waals surface area contributed by atoms with Crippen molar-refractivity contribution in [3.8, 4) is 11.3 Å². The lowest BCUT2D eigenvalue weighted by atomic mass is 9.78. The third-order valence-electron chi connectivity index (χ3n) is 4.67. The molecule has 142 valence electrons. The number of aliphatic hydroxyl groups is 1. The summed E-state index contributed by atoms with van der Waals surface area (Å²) in [6.07, 6.45) is 3.15. The summed E-state index contributed by atoms with van der Waals surface area (Å²) < 4.78 is 40.8. The Morgan fingerprint density at radius 2 is 1.74 bits per heavy atom. The Balaban J connectivity index is 0.000000376. The number of aromatic amines is 1. The van der Waals surface area contributed by atoms with Gasteiger partial charge < -0.3 is 15.8 Å². The van der Waals surface area contributed by atoms with Crippen molar-refractivity contribution in [2.45, 2.75) is 25.2 Å². The van der Waals surface area contributed by atoms with E-state index in [0.29, 0.717) is 16.8 Å². The molecule has 0 aliphatic heterocycles. The van der Waals surface area contributed by atoms with Crippen molar-refractivity contribution < 1.29 is 23.1 Å². The van der Waals surface area contributed by atoms with E-state index in [0.717, 1.165) is 42.1 Å². The topological polar surface area (TPSA) is 79.1 Å². The molecule has 3 aromatic rings. The molecule has 0 unspecified atom stereocenters. The maximum atomic E-state index is 14.1. The number of hydrogen-bond acceptors (Lipinski definition) is 2. The number of H-pyrrole nitrogens is 1. The second-order valence-electron chi connectivity index (χ2n) is 6.48. The van der Waals surface area contributed by atoms with Crippen LogP contribution >= 0.6 is 0 Å². The highest BCUT2D eigenvalue weighted by Gasteiger charge is 2.27. The number of aromatic nitrogens is 1. The molecule has 4 N–H and O–H groups in total. The molecule has 1 aliphatic carbocycles. The fraction of sp³-hybridized carbons (Fsp3) is 0.250. The lowest BCUT2D eigenvalue weighted by molar-refractivity contribution is -0.120. The Morgan fingerprint density at radius 1 is 1.11 bits per heavy atom. The van der Waals surface area contributed by atoms with Gasteiger partial charge in [0.25, 0.3) is 0 Å². The summed E-state index contributed by atoms with van der Waals surface area (Å²) >= 11 is 0. The normalized spacial score (nSPS) is 13.8. The first-order chi connectivity index (χ1) is 12.9. The number of benzene rings is 2. The van der Waals surface area contributed by atoms with E-state index in [2.05, 4.69) is 10.7 Å². The Hall–Kier alpha value is -2.80. The molecule has 4 rings (SSSR count). The summed E-state index contributed by atoms with van der Waals surface area (Å²) in [5.74, 6) is -1.87. The van der Waals surface area contributed by atoms with Gasteiger partial charge in [-0.2, -0.15) is 0 Å². The first-order valence-corrected chi connectivity index (χ1v) is 8.56.